The fraction of sp³-hybridized carbons (Fsp3) is 0.154. The van der Waals surface area contributed by atoms with E-state index in [1.165, 1.54) is 0 Å². The van der Waals surface area contributed by atoms with Crippen LogP contribution in [-0.2, 0) is 4.79 Å². The van der Waals surface area contributed by atoms with Crippen LogP contribution >= 0.6 is 23.6 Å². The van der Waals surface area contributed by atoms with Crippen LogP contribution in [0.5, 0.6) is 0 Å². The highest BCUT2D eigenvalue weighted by Crippen LogP contribution is 2.39. The van der Waals surface area contributed by atoms with Gasteiger partial charge in [0.25, 0.3) is 5.91 Å². The Morgan fingerprint density at radius 2 is 1.67 bits per heavy atom. The molecular formula is C26H22N4OS2. The number of nitrogens with zero attached hydrogens (tertiary/aromatic N) is 2. The predicted octanol–water partition coefficient (Wildman–Crippen LogP) is 5.71. The van der Waals surface area contributed by atoms with Crippen molar-refractivity contribution in [3.63, 3.8) is 0 Å². The molecule has 2 atom stereocenters. The molecule has 0 saturated heterocycles. The molecule has 33 heavy (non-hydrogen) atoms. The molecule has 3 aromatic carbocycles. The van der Waals surface area contributed by atoms with Crippen LogP contribution < -0.4 is 10.6 Å². The number of fused-ring (bicyclic) bond motifs is 1. The second-order valence-electron chi connectivity index (χ2n) is 8.05. The molecule has 7 heteroatoms. The Morgan fingerprint density at radius 1 is 0.970 bits per heavy atom. The van der Waals surface area contributed by atoms with Crippen molar-refractivity contribution in [3.05, 3.63) is 94.5 Å². The van der Waals surface area contributed by atoms with Crippen LogP contribution in [0.3, 0.4) is 0 Å². The van der Waals surface area contributed by atoms with Crippen molar-refractivity contribution in [1.82, 2.24) is 10.3 Å². The second kappa shape index (κ2) is 8.84. The number of benzene rings is 3. The summed E-state index contributed by atoms with van der Waals surface area (Å²) in [6.07, 6.45) is 0. The number of para-hydroxylation sites is 2. The smallest absolute Gasteiger partial charge is 0.271 e. The number of thiazole rings is 1. The number of amides is 1. The van der Waals surface area contributed by atoms with Gasteiger partial charge in [-0.3, -0.25) is 4.79 Å². The van der Waals surface area contributed by atoms with Crippen LogP contribution in [0.2, 0.25) is 0 Å². The first kappa shape index (κ1) is 21.4. The Bertz CT molecular complexity index is 1340. The molecule has 0 unspecified atom stereocenters. The first-order valence-corrected chi connectivity index (χ1v) is 11.9. The van der Waals surface area contributed by atoms with E-state index in [1.807, 2.05) is 86.6 Å². The minimum Gasteiger partial charge on any atom is -0.353 e. The molecule has 0 fully saturated rings. The van der Waals surface area contributed by atoms with Gasteiger partial charge in [0.15, 0.2) is 5.11 Å². The third-order valence-electron chi connectivity index (χ3n) is 5.82. The van der Waals surface area contributed by atoms with Gasteiger partial charge < -0.3 is 10.6 Å². The van der Waals surface area contributed by atoms with Gasteiger partial charge in [0, 0.05) is 5.69 Å². The number of aliphatic imine (C=N–C) groups is 1. The summed E-state index contributed by atoms with van der Waals surface area (Å²) in [5.41, 5.74) is 5.10. The maximum atomic E-state index is 13.6. The number of anilines is 1. The van der Waals surface area contributed by atoms with E-state index in [9.17, 15) is 4.79 Å². The maximum Gasteiger partial charge on any atom is 0.271 e. The molecule has 0 aliphatic carbocycles. The number of nitrogens with one attached hydrogen (secondary N) is 2. The normalized spacial score (nSPS) is 18.0. The number of hydrogen-bond acceptors (Lipinski definition) is 4. The van der Waals surface area contributed by atoms with Gasteiger partial charge >= 0.3 is 0 Å². The lowest BCUT2D eigenvalue weighted by atomic mass is 9.87. The van der Waals surface area contributed by atoms with Crippen molar-refractivity contribution in [1.29, 1.82) is 0 Å². The fourth-order valence-corrected chi connectivity index (χ4v) is 5.52. The lowest BCUT2D eigenvalue weighted by molar-refractivity contribution is -0.110. The molecule has 1 aromatic heterocycles. The van der Waals surface area contributed by atoms with Gasteiger partial charge in [-0.1, -0.05) is 60.7 Å². The van der Waals surface area contributed by atoms with Crippen LogP contribution in [0.4, 0.5) is 5.69 Å². The molecule has 5 rings (SSSR count). The Balaban J connectivity index is 1.62. The van der Waals surface area contributed by atoms with Crippen LogP contribution in [0, 0.1) is 13.8 Å². The summed E-state index contributed by atoms with van der Waals surface area (Å²) in [5, 5.41) is 7.55. The van der Waals surface area contributed by atoms with E-state index < -0.39 is 0 Å². The van der Waals surface area contributed by atoms with Gasteiger partial charge in [0.2, 0.25) is 0 Å². The summed E-state index contributed by atoms with van der Waals surface area (Å²) in [5.74, 6) is -0.651. The van der Waals surface area contributed by atoms with Crippen LogP contribution in [-0.4, -0.2) is 21.7 Å². The Labute approximate surface area is 201 Å². The monoisotopic (exact) mass is 470 g/mol. The number of aryl methyl sites for hydroxylation is 2. The third kappa shape index (κ3) is 4.17. The number of rotatable bonds is 4. The average Bonchev–Trinajstić information content (AvgIpc) is 3.25. The second-order valence-corrected chi connectivity index (χ2v) is 9.50. The van der Waals surface area contributed by atoms with E-state index in [4.69, 9.17) is 17.2 Å². The summed E-state index contributed by atoms with van der Waals surface area (Å²) in [7, 11) is 0. The predicted molar refractivity (Wildman–Crippen MR) is 139 cm³/mol. The van der Waals surface area contributed by atoms with Crippen molar-refractivity contribution >= 4 is 56.2 Å². The van der Waals surface area contributed by atoms with Crippen molar-refractivity contribution < 1.29 is 4.79 Å². The Kier molecular flexibility index (Phi) is 5.74. The number of carbonyl (C=O) groups excluding carboxylic acids is 1. The Hall–Kier alpha value is -3.42. The summed E-state index contributed by atoms with van der Waals surface area (Å²) in [6.45, 7) is 3.96. The molecule has 0 saturated carbocycles. The molecule has 2 heterocycles. The number of hydrogen-bond donors (Lipinski definition) is 2. The standard InChI is InChI=1S/C26H22N4OS2/c1-15-9-8-10-16(2)21(15)28-24(31)23-20(25-27-18-13-6-7-14-19(18)33-25)22(29-26(32)30-23)17-11-4-3-5-12-17/h3-14,20,22H,1-2H3,(H,28,31)(H,29,32)/t20-,22+/m0/s1. The van der Waals surface area contributed by atoms with Crippen LogP contribution in [0.15, 0.2) is 77.8 Å². The van der Waals surface area contributed by atoms with Gasteiger partial charge in [-0.2, -0.15) is 0 Å². The van der Waals surface area contributed by atoms with E-state index in [2.05, 4.69) is 15.6 Å². The summed E-state index contributed by atoms with van der Waals surface area (Å²) >= 11 is 7.05. The van der Waals surface area contributed by atoms with Gasteiger partial charge in [-0.15, -0.1) is 11.3 Å². The first-order valence-electron chi connectivity index (χ1n) is 10.7. The molecule has 5 nitrogen and oxygen atoms in total. The summed E-state index contributed by atoms with van der Waals surface area (Å²) in [4.78, 5) is 23.1. The zero-order chi connectivity index (χ0) is 22.9. The van der Waals surface area contributed by atoms with E-state index in [1.54, 1.807) is 11.3 Å². The molecule has 1 aliphatic heterocycles. The fourth-order valence-electron chi connectivity index (χ4n) is 4.19. The van der Waals surface area contributed by atoms with E-state index in [-0.39, 0.29) is 17.9 Å². The zero-order valence-electron chi connectivity index (χ0n) is 18.2. The van der Waals surface area contributed by atoms with Gasteiger partial charge in [0.05, 0.1) is 22.2 Å². The largest absolute Gasteiger partial charge is 0.353 e. The van der Waals surface area contributed by atoms with Crippen LogP contribution in [0.1, 0.15) is 33.7 Å². The first-order chi connectivity index (χ1) is 16.0. The highest BCUT2D eigenvalue weighted by molar-refractivity contribution is 7.80. The van der Waals surface area contributed by atoms with Crippen LogP contribution in [0.25, 0.3) is 10.2 Å². The SMILES string of the molecule is Cc1cccc(C)c1NC(=O)C1=NC(=S)N[C@H](c2ccccc2)[C@@H]1c1nc2ccccc2s1. The molecule has 164 valence electrons. The van der Waals surface area contributed by atoms with E-state index in [0.29, 0.717) is 10.8 Å². The molecule has 0 radical (unpaired) electrons. The third-order valence-corrected chi connectivity index (χ3v) is 7.14. The van der Waals surface area contributed by atoms with Crippen molar-refractivity contribution in [2.45, 2.75) is 25.8 Å². The van der Waals surface area contributed by atoms with Gasteiger partial charge in [-0.25, -0.2) is 9.98 Å². The summed E-state index contributed by atoms with van der Waals surface area (Å²) < 4.78 is 1.07. The molecular weight excluding hydrogens is 448 g/mol. The highest BCUT2D eigenvalue weighted by atomic mass is 32.1. The average molecular weight is 471 g/mol. The number of thiocarbonyl (C=S) groups is 1. The van der Waals surface area contributed by atoms with Gasteiger partial charge in [0.1, 0.15) is 10.7 Å². The lowest BCUT2D eigenvalue weighted by Crippen LogP contribution is -2.44. The van der Waals surface area contributed by atoms with Crippen molar-refractivity contribution in [3.8, 4) is 0 Å². The maximum absolute atomic E-state index is 13.6. The molecule has 0 spiro atoms. The van der Waals surface area contributed by atoms with E-state index in [0.717, 1.165) is 37.6 Å². The minimum absolute atomic E-state index is 0.254. The lowest BCUT2D eigenvalue weighted by Gasteiger charge is -2.32. The zero-order valence-corrected chi connectivity index (χ0v) is 19.8. The van der Waals surface area contributed by atoms with E-state index >= 15 is 0 Å². The molecule has 4 aromatic rings. The Morgan fingerprint density at radius 3 is 2.39 bits per heavy atom. The number of aromatic nitrogens is 1. The molecule has 1 amide bonds. The molecule has 0 bridgehead atoms. The van der Waals surface area contributed by atoms with Gasteiger partial charge in [-0.05, 0) is 54.9 Å². The molecule has 1 aliphatic rings. The van der Waals surface area contributed by atoms with Crippen molar-refractivity contribution in [2.75, 3.05) is 5.32 Å². The summed E-state index contributed by atoms with van der Waals surface area (Å²) in [6, 6.07) is 23.7. The van der Waals surface area contributed by atoms with Crippen molar-refractivity contribution in [2.24, 2.45) is 4.99 Å². The highest BCUT2D eigenvalue weighted by Gasteiger charge is 2.39. The molecule has 2 N–H and O–H groups in total. The topological polar surface area (TPSA) is 66.4 Å². The number of carbonyl (C=O) groups is 1. The quantitative estimate of drug-likeness (QED) is 0.375. The minimum atomic E-state index is -0.388.